The average Bonchev–Trinajstić information content (AvgIpc) is 2.49. The SMILES string of the molecule is O=C=Nc1c[nH]c2ccc(F)cc12. The van der Waals surface area contributed by atoms with Crippen LogP contribution in [0.3, 0.4) is 0 Å². The van der Waals surface area contributed by atoms with Gasteiger partial charge in [0.15, 0.2) is 0 Å². The fraction of sp³-hybridized carbons (Fsp3) is 0. The van der Waals surface area contributed by atoms with Crippen LogP contribution in [0.25, 0.3) is 10.9 Å². The highest BCUT2D eigenvalue weighted by Gasteiger charge is 2.02. The predicted molar refractivity (Wildman–Crippen MR) is 46.0 cm³/mol. The summed E-state index contributed by atoms with van der Waals surface area (Å²) in [6.45, 7) is 0. The van der Waals surface area contributed by atoms with E-state index in [1.807, 2.05) is 0 Å². The topological polar surface area (TPSA) is 45.2 Å². The van der Waals surface area contributed by atoms with Crippen LogP contribution in [0.5, 0.6) is 0 Å². The Kier molecular flexibility index (Phi) is 1.69. The molecule has 0 saturated carbocycles. The molecule has 0 unspecified atom stereocenters. The maximum atomic E-state index is 12.8. The van der Waals surface area contributed by atoms with Crippen LogP contribution in [0, 0.1) is 5.82 Å². The molecule has 0 amide bonds. The van der Waals surface area contributed by atoms with Gasteiger partial charge in [0.2, 0.25) is 6.08 Å². The van der Waals surface area contributed by atoms with Crippen LogP contribution in [0.1, 0.15) is 0 Å². The van der Waals surface area contributed by atoms with Crippen molar-refractivity contribution in [2.45, 2.75) is 0 Å². The third kappa shape index (κ3) is 1.23. The van der Waals surface area contributed by atoms with Crippen LogP contribution in [0.4, 0.5) is 10.1 Å². The first kappa shape index (κ1) is 7.71. The van der Waals surface area contributed by atoms with Gasteiger partial charge < -0.3 is 4.98 Å². The molecule has 2 rings (SSSR count). The Bertz CT molecular complexity index is 497. The van der Waals surface area contributed by atoms with E-state index in [9.17, 15) is 9.18 Å². The molecule has 64 valence electrons. The van der Waals surface area contributed by atoms with Gasteiger partial charge in [0.05, 0.1) is 0 Å². The average molecular weight is 176 g/mol. The number of carbonyl (C=O) groups excluding carboxylic acids is 1. The van der Waals surface area contributed by atoms with Gasteiger partial charge in [0.1, 0.15) is 11.5 Å². The van der Waals surface area contributed by atoms with Crippen LogP contribution in [0.15, 0.2) is 29.4 Å². The summed E-state index contributed by atoms with van der Waals surface area (Å²) in [5, 5.41) is 0.586. The van der Waals surface area contributed by atoms with Crippen LogP contribution < -0.4 is 0 Å². The molecule has 0 aliphatic heterocycles. The number of H-pyrrole nitrogens is 1. The van der Waals surface area contributed by atoms with Gasteiger partial charge >= 0.3 is 0 Å². The van der Waals surface area contributed by atoms with Crippen LogP contribution in [-0.4, -0.2) is 11.1 Å². The van der Waals surface area contributed by atoms with E-state index in [1.165, 1.54) is 24.4 Å². The molecule has 1 aromatic heterocycles. The fourth-order valence-corrected chi connectivity index (χ4v) is 1.22. The van der Waals surface area contributed by atoms with E-state index in [2.05, 4.69) is 9.98 Å². The smallest absolute Gasteiger partial charge is 0.240 e. The first-order valence-electron chi connectivity index (χ1n) is 3.66. The summed E-state index contributed by atoms with van der Waals surface area (Å²) in [5.41, 5.74) is 1.15. The summed E-state index contributed by atoms with van der Waals surface area (Å²) in [5.74, 6) is -0.352. The molecule has 1 aromatic carbocycles. The number of aliphatic imine (C=N–C) groups is 1. The highest BCUT2D eigenvalue weighted by molar-refractivity contribution is 5.91. The molecule has 4 heteroatoms. The quantitative estimate of drug-likeness (QED) is 0.525. The summed E-state index contributed by atoms with van der Waals surface area (Å²) in [7, 11) is 0. The van der Waals surface area contributed by atoms with Gasteiger partial charge in [-0.25, -0.2) is 9.18 Å². The third-order valence-corrected chi connectivity index (χ3v) is 1.79. The molecule has 0 fully saturated rings. The Morgan fingerprint density at radius 3 is 3.08 bits per heavy atom. The zero-order chi connectivity index (χ0) is 9.26. The number of benzene rings is 1. The van der Waals surface area contributed by atoms with Crippen molar-refractivity contribution in [2.24, 2.45) is 4.99 Å². The maximum Gasteiger partial charge on any atom is 0.240 e. The fourth-order valence-electron chi connectivity index (χ4n) is 1.22. The lowest BCUT2D eigenvalue weighted by molar-refractivity contribution is 0.565. The van der Waals surface area contributed by atoms with Crippen LogP contribution >= 0.6 is 0 Å². The van der Waals surface area contributed by atoms with Crippen molar-refractivity contribution in [3.63, 3.8) is 0 Å². The summed E-state index contributed by atoms with van der Waals surface area (Å²) in [4.78, 5) is 16.3. The minimum atomic E-state index is -0.352. The summed E-state index contributed by atoms with van der Waals surface area (Å²) in [6.07, 6.45) is 2.95. The second kappa shape index (κ2) is 2.84. The van der Waals surface area contributed by atoms with Gasteiger partial charge in [-0.2, -0.15) is 4.99 Å². The molecular weight excluding hydrogens is 171 g/mol. The molecular formula is C9H5FN2O. The zero-order valence-electron chi connectivity index (χ0n) is 6.54. The molecule has 0 atom stereocenters. The molecule has 1 N–H and O–H groups in total. The Labute approximate surface area is 72.9 Å². The minimum absolute atomic E-state index is 0.352. The number of halogens is 1. The second-order valence-electron chi connectivity index (χ2n) is 2.57. The number of hydrogen-bond acceptors (Lipinski definition) is 2. The zero-order valence-corrected chi connectivity index (χ0v) is 6.54. The van der Waals surface area contributed by atoms with Crippen molar-refractivity contribution < 1.29 is 9.18 Å². The number of hydrogen-bond donors (Lipinski definition) is 1. The van der Waals surface area contributed by atoms with Crippen molar-refractivity contribution in [2.75, 3.05) is 0 Å². The van der Waals surface area contributed by atoms with Crippen molar-refractivity contribution in [1.29, 1.82) is 0 Å². The number of nitrogens with zero attached hydrogens (tertiary/aromatic N) is 1. The van der Waals surface area contributed by atoms with Crippen LogP contribution in [0.2, 0.25) is 0 Å². The van der Waals surface area contributed by atoms with E-state index < -0.39 is 0 Å². The first-order chi connectivity index (χ1) is 6.31. The van der Waals surface area contributed by atoms with E-state index in [0.717, 1.165) is 5.52 Å². The van der Waals surface area contributed by atoms with Gasteiger partial charge in [-0.3, -0.25) is 0 Å². The lowest BCUT2D eigenvalue weighted by atomic mass is 10.2. The maximum absolute atomic E-state index is 12.8. The number of isocyanates is 1. The highest BCUT2D eigenvalue weighted by atomic mass is 19.1. The normalized spacial score (nSPS) is 9.92. The third-order valence-electron chi connectivity index (χ3n) is 1.79. The summed E-state index contributed by atoms with van der Waals surface area (Å²) < 4.78 is 12.8. The Hall–Kier alpha value is -1.93. The van der Waals surface area contributed by atoms with Crippen molar-refractivity contribution in [3.8, 4) is 0 Å². The number of aromatic amines is 1. The molecule has 1 heterocycles. The molecule has 0 aliphatic rings. The Morgan fingerprint density at radius 2 is 2.31 bits per heavy atom. The standard InChI is InChI=1S/C9H5FN2O/c10-6-1-2-8-7(3-6)9(4-11-8)12-5-13/h1-4,11H. The molecule has 0 radical (unpaired) electrons. The van der Waals surface area contributed by atoms with E-state index in [-0.39, 0.29) is 5.82 Å². The van der Waals surface area contributed by atoms with E-state index >= 15 is 0 Å². The number of aromatic nitrogens is 1. The lowest BCUT2D eigenvalue weighted by Crippen LogP contribution is -1.71. The van der Waals surface area contributed by atoms with Gasteiger partial charge in [-0.1, -0.05) is 0 Å². The molecule has 0 aliphatic carbocycles. The van der Waals surface area contributed by atoms with Gasteiger partial charge in [0, 0.05) is 17.1 Å². The van der Waals surface area contributed by atoms with Crippen molar-refractivity contribution in [3.05, 3.63) is 30.2 Å². The van der Waals surface area contributed by atoms with E-state index in [0.29, 0.717) is 11.1 Å². The largest absolute Gasteiger partial charge is 0.359 e. The predicted octanol–water partition coefficient (Wildman–Crippen LogP) is 2.27. The monoisotopic (exact) mass is 176 g/mol. The van der Waals surface area contributed by atoms with Crippen molar-refractivity contribution >= 4 is 22.7 Å². The molecule has 0 bridgehead atoms. The molecule has 3 nitrogen and oxygen atoms in total. The molecule has 0 spiro atoms. The van der Waals surface area contributed by atoms with E-state index in [4.69, 9.17) is 0 Å². The van der Waals surface area contributed by atoms with Gasteiger partial charge in [-0.05, 0) is 18.2 Å². The lowest BCUT2D eigenvalue weighted by Gasteiger charge is -1.89. The van der Waals surface area contributed by atoms with Crippen molar-refractivity contribution in [1.82, 2.24) is 4.98 Å². The number of nitrogens with one attached hydrogen (secondary N) is 1. The molecule has 2 aromatic rings. The minimum Gasteiger partial charge on any atom is -0.359 e. The number of fused-ring (bicyclic) bond motifs is 1. The van der Waals surface area contributed by atoms with Crippen LogP contribution in [-0.2, 0) is 4.79 Å². The summed E-state index contributed by atoms with van der Waals surface area (Å²) in [6, 6.07) is 4.25. The van der Waals surface area contributed by atoms with E-state index in [1.54, 1.807) is 6.07 Å². The highest BCUT2D eigenvalue weighted by Crippen LogP contribution is 2.25. The Morgan fingerprint density at radius 1 is 1.46 bits per heavy atom. The molecule has 13 heavy (non-hydrogen) atoms. The van der Waals surface area contributed by atoms with Gasteiger partial charge in [0.25, 0.3) is 0 Å². The first-order valence-corrected chi connectivity index (χ1v) is 3.66. The Balaban J connectivity index is 2.78. The second-order valence-corrected chi connectivity index (χ2v) is 2.57. The molecule has 0 saturated heterocycles. The summed E-state index contributed by atoms with van der Waals surface area (Å²) >= 11 is 0. The van der Waals surface area contributed by atoms with Gasteiger partial charge in [-0.15, -0.1) is 0 Å². The number of rotatable bonds is 1.